The van der Waals surface area contributed by atoms with E-state index in [0.29, 0.717) is 11.3 Å². The first-order valence-electron chi connectivity index (χ1n) is 5.88. The molecule has 1 rings (SSSR count). The minimum atomic E-state index is -0.641. The summed E-state index contributed by atoms with van der Waals surface area (Å²) in [6.07, 6.45) is 2.97. The van der Waals surface area contributed by atoms with Gasteiger partial charge in [0.25, 0.3) is 0 Å². The molecule has 1 N–H and O–H groups in total. The van der Waals surface area contributed by atoms with Crippen molar-refractivity contribution in [1.29, 1.82) is 0 Å². The number of hydrogen-bond donors (Lipinski definition) is 1. The molecule has 4 heteroatoms. The average molecular weight is 233 g/mol. The van der Waals surface area contributed by atoms with Gasteiger partial charge in [0.2, 0.25) is 0 Å². The topological polar surface area (TPSA) is 38.3 Å². The molecule has 0 aromatic rings. The second-order valence-corrected chi connectivity index (χ2v) is 6.20. The maximum absolute atomic E-state index is 11.9. The van der Waals surface area contributed by atoms with E-state index >= 15 is 0 Å². The fourth-order valence-corrected chi connectivity index (χ4v) is 3.19. The third-order valence-electron chi connectivity index (χ3n) is 2.61. The first-order chi connectivity index (χ1) is 7.20. The smallest absolute Gasteiger partial charge is 0.0477 e. The fraction of sp³-hybridized carbons (Fsp3) is 1.00. The second-order valence-electron chi connectivity index (χ2n) is 4.36. The van der Waals surface area contributed by atoms with Gasteiger partial charge < -0.3 is 10.1 Å². The van der Waals surface area contributed by atoms with Crippen LogP contribution in [0.3, 0.4) is 0 Å². The maximum atomic E-state index is 11.9. The zero-order valence-corrected chi connectivity index (χ0v) is 10.6. The van der Waals surface area contributed by atoms with Gasteiger partial charge >= 0.3 is 0 Å². The summed E-state index contributed by atoms with van der Waals surface area (Å²) in [4.78, 5) is 0. The molecule has 0 bridgehead atoms. The van der Waals surface area contributed by atoms with Crippen molar-refractivity contribution in [3.8, 4) is 0 Å². The van der Waals surface area contributed by atoms with Crippen LogP contribution in [0.2, 0.25) is 0 Å². The molecule has 90 valence electrons. The van der Waals surface area contributed by atoms with Crippen LogP contribution in [0.4, 0.5) is 0 Å². The van der Waals surface area contributed by atoms with E-state index in [1.807, 2.05) is 0 Å². The zero-order chi connectivity index (χ0) is 11.1. The van der Waals surface area contributed by atoms with Crippen LogP contribution >= 0.6 is 0 Å². The Morgan fingerprint density at radius 3 is 2.67 bits per heavy atom. The Morgan fingerprint density at radius 1 is 1.40 bits per heavy atom. The van der Waals surface area contributed by atoms with Crippen LogP contribution in [0.25, 0.3) is 0 Å². The van der Waals surface area contributed by atoms with Crippen LogP contribution in [-0.2, 0) is 15.5 Å². The largest absolute Gasteiger partial charge is 0.381 e. The average Bonchev–Trinajstić information content (AvgIpc) is 2.25. The molecular formula is C11H23NO2S. The molecule has 1 heterocycles. The Balaban J connectivity index is 2.07. The summed E-state index contributed by atoms with van der Waals surface area (Å²) in [6, 6.07) is 0.529. The molecule has 3 nitrogen and oxygen atoms in total. The van der Waals surface area contributed by atoms with E-state index in [2.05, 4.69) is 19.2 Å². The predicted octanol–water partition coefficient (Wildman–Crippen LogP) is 1.30. The number of nitrogens with one attached hydrogen (secondary N) is 1. The van der Waals surface area contributed by atoms with Crippen molar-refractivity contribution < 1.29 is 8.95 Å². The lowest BCUT2D eigenvalue weighted by molar-refractivity contribution is 0.0992. The van der Waals surface area contributed by atoms with Crippen molar-refractivity contribution in [3.63, 3.8) is 0 Å². The van der Waals surface area contributed by atoms with Crippen molar-refractivity contribution in [2.24, 2.45) is 0 Å². The van der Waals surface area contributed by atoms with Crippen molar-refractivity contribution in [3.05, 3.63) is 0 Å². The summed E-state index contributed by atoms with van der Waals surface area (Å²) < 4.78 is 17.1. The van der Waals surface area contributed by atoms with Crippen LogP contribution in [0.1, 0.15) is 33.1 Å². The Hall–Kier alpha value is 0.0700. The van der Waals surface area contributed by atoms with E-state index in [-0.39, 0.29) is 0 Å². The number of hydrogen-bond acceptors (Lipinski definition) is 3. The van der Waals surface area contributed by atoms with Gasteiger partial charge in [-0.1, -0.05) is 13.8 Å². The molecule has 0 radical (unpaired) electrons. The summed E-state index contributed by atoms with van der Waals surface area (Å²) in [6.45, 7) is 6.83. The van der Waals surface area contributed by atoms with Gasteiger partial charge in [0.05, 0.1) is 0 Å². The molecule has 0 aromatic heterocycles. The molecule has 0 aliphatic carbocycles. The third-order valence-corrected chi connectivity index (χ3v) is 4.52. The highest BCUT2D eigenvalue weighted by atomic mass is 32.2. The molecule has 0 aromatic carbocycles. The molecule has 1 saturated heterocycles. The minimum Gasteiger partial charge on any atom is -0.381 e. The van der Waals surface area contributed by atoms with Crippen molar-refractivity contribution in [2.45, 2.75) is 44.4 Å². The summed E-state index contributed by atoms with van der Waals surface area (Å²) >= 11 is 0. The highest BCUT2D eigenvalue weighted by molar-refractivity contribution is 7.85. The van der Waals surface area contributed by atoms with E-state index in [1.165, 1.54) is 0 Å². The zero-order valence-electron chi connectivity index (χ0n) is 9.83. The van der Waals surface area contributed by atoms with Gasteiger partial charge in [-0.15, -0.1) is 0 Å². The van der Waals surface area contributed by atoms with Crippen molar-refractivity contribution in [2.75, 3.05) is 25.5 Å². The molecule has 15 heavy (non-hydrogen) atoms. The lowest BCUT2D eigenvalue weighted by Gasteiger charge is -2.21. The molecule has 1 aliphatic heterocycles. The number of rotatable bonds is 6. The molecule has 0 amide bonds. The van der Waals surface area contributed by atoms with E-state index in [9.17, 15) is 4.21 Å². The highest BCUT2D eigenvalue weighted by Crippen LogP contribution is 2.13. The monoisotopic (exact) mass is 233 g/mol. The Labute approximate surface area is 95.4 Å². The highest BCUT2D eigenvalue weighted by Gasteiger charge is 2.19. The fourth-order valence-electron chi connectivity index (χ4n) is 1.71. The van der Waals surface area contributed by atoms with E-state index in [0.717, 1.165) is 44.8 Å². The molecular weight excluding hydrogens is 210 g/mol. The Morgan fingerprint density at radius 2 is 2.07 bits per heavy atom. The summed E-state index contributed by atoms with van der Waals surface area (Å²) in [7, 11) is -0.641. The van der Waals surface area contributed by atoms with Crippen LogP contribution in [0.5, 0.6) is 0 Å². The standard InChI is InChI=1S/C11H23NO2S/c1-10(2)12-6-3-9-15(13)11-4-7-14-8-5-11/h10-12H,3-9H2,1-2H3. The van der Waals surface area contributed by atoms with Gasteiger partial charge in [-0.05, 0) is 25.8 Å². The molecule has 1 unspecified atom stereocenters. The van der Waals surface area contributed by atoms with Crippen LogP contribution < -0.4 is 5.32 Å². The van der Waals surface area contributed by atoms with Crippen LogP contribution in [0, 0.1) is 0 Å². The van der Waals surface area contributed by atoms with E-state index in [1.54, 1.807) is 0 Å². The first kappa shape index (κ1) is 13.1. The third kappa shape index (κ3) is 5.64. The quantitative estimate of drug-likeness (QED) is 0.703. The summed E-state index contributed by atoms with van der Waals surface area (Å²) in [5.41, 5.74) is 0. The van der Waals surface area contributed by atoms with Gasteiger partial charge in [-0.25, -0.2) is 0 Å². The predicted molar refractivity (Wildman–Crippen MR) is 64.6 cm³/mol. The van der Waals surface area contributed by atoms with Crippen LogP contribution in [0.15, 0.2) is 0 Å². The molecule has 1 atom stereocenters. The van der Waals surface area contributed by atoms with Crippen LogP contribution in [-0.4, -0.2) is 41.0 Å². The van der Waals surface area contributed by atoms with E-state index < -0.39 is 10.8 Å². The van der Waals surface area contributed by atoms with Crippen molar-refractivity contribution in [1.82, 2.24) is 5.32 Å². The van der Waals surface area contributed by atoms with Gasteiger partial charge in [0.1, 0.15) is 0 Å². The SMILES string of the molecule is CC(C)NCCCS(=O)C1CCOCC1. The van der Waals surface area contributed by atoms with Gasteiger partial charge in [-0.3, -0.25) is 4.21 Å². The number of ether oxygens (including phenoxy) is 1. The molecule has 1 aliphatic rings. The van der Waals surface area contributed by atoms with Gasteiger partial charge in [0.15, 0.2) is 0 Å². The molecule has 1 fully saturated rings. The second kappa shape index (κ2) is 7.36. The lowest BCUT2D eigenvalue weighted by atomic mass is 10.2. The molecule has 0 spiro atoms. The lowest BCUT2D eigenvalue weighted by Crippen LogP contribution is -2.29. The summed E-state index contributed by atoms with van der Waals surface area (Å²) in [5, 5.41) is 3.73. The van der Waals surface area contributed by atoms with Crippen molar-refractivity contribution >= 4 is 10.8 Å². The molecule has 0 saturated carbocycles. The van der Waals surface area contributed by atoms with Gasteiger partial charge in [-0.2, -0.15) is 0 Å². The first-order valence-corrected chi connectivity index (χ1v) is 7.26. The maximum Gasteiger partial charge on any atom is 0.0477 e. The Kier molecular flexibility index (Phi) is 6.45. The normalized spacial score (nSPS) is 20.7. The van der Waals surface area contributed by atoms with Gasteiger partial charge in [0, 0.05) is 41.1 Å². The Bertz CT molecular complexity index is 191. The minimum absolute atomic E-state index is 0.387. The summed E-state index contributed by atoms with van der Waals surface area (Å²) in [5.74, 6) is 0.838. The van der Waals surface area contributed by atoms with E-state index in [4.69, 9.17) is 4.74 Å².